The van der Waals surface area contributed by atoms with Crippen LogP contribution >= 0.6 is 11.6 Å². The molecule has 1 fully saturated rings. The normalized spacial score (nSPS) is 17.1. The lowest BCUT2D eigenvalue weighted by molar-refractivity contribution is -0.145. The Labute approximate surface area is 122 Å². The van der Waals surface area contributed by atoms with E-state index < -0.39 is 18.4 Å². The molecule has 1 N–H and O–H groups in total. The number of carboxylic acids is 1. The molecular formula is C14H17ClO5. The van der Waals surface area contributed by atoms with Crippen molar-refractivity contribution in [3.8, 4) is 5.75 Å². The van der Waals surface area contributed by atoms with Gasteiger partial charge in [-0.05, 0) is 24.6 Å². The molecule has 0 saturated carbocycles. The van der Waals surface area contributed by atoms with Crippen LogP contribution in [0, 0.1) is 0 Å². The first kappa shape index (κ1) is 15.1. The Morgan fingerprint density at radius 1 is 1.50 bits per heavy atom. The average molecular weight is 301 g/mol. The van der Waals surface area contributed by atoms with E-state index in [4.69, 9.17) is 30.9 Å². The molecule has 1 saturated heterocycles. The van der Waals surface area contributed by atoms with Gasteiger partial charge in [-0.2, -0.15) is 0 Å². The van der Waals surface area contributed by atoms with E-state index >= 15 is 0 Å². The number of aliphatic carboxylic acids is 1. The quantitative estimate of drug-likeness (QED) is 0.875. The van der Waals surface area contributed by atoms with Crippen LogP contribution in [0.2, 0.25) is 5.02 Å². The summed E-state index contributed by atoms with van der Waals surface area (Å²) in [5.74, 6) is -0.553. The lowest BCUT2D eigenvalue weighted by atomic mass is 10.1. The molecule has 1 atom stereocenters. The largest absolute Gasteiger partial charge is 0.479 e. The summed E-state index contributed by atoms with van der Waals surface area (Å²) in [5.41, 5.74) is 0.623. The number of ether oxygens (including phenoxy) is 3. The van der Waals surface area contributed by atoms with E-state index in [2.05, 4.69) is 0 Å². The predicted molar refractivity (Wildman–Crippen MR) is 73.1 cm³/mol. The molecule has 20 heavy (non-hydrogen) atoms. The van der Waals surface area contributed by atoms with Crippen LogP contribution in [0.3, 0.4) is 0 Å². The summed E-state index contributed by atoms with van der Waals surface area (Å²) in [4.78, 5) is 11.2. The van der Waals surface area contributed by atoms with Gasteiger partial charge in [0.05, 0.1) is 18.8 Å². The minimum Gasteiger partial charge on any atom is -0.479 e. The number of benzene rings is 1. The maximum absolute atomic E-state index is 11.2. The highest BCUT2D eigenvalue weighted by molar-refractivity contribution is 6.30. The summed E-state index contributed by atoms with van der Waals surface area (Å²) < 4.78 is 16.5. The zero-order chi connectivity index (χ0) is 14.5. The Morgan fingerprint density at radius 2 is 2.20 bits per heavy atom. The molecule has 6 heteroatoms. The van der Waals surface area contributed by atoms with Crippen LogP contribution in [0.4, 0.5) is 0 Å². The Hall–Kier alpha value is -1.30. The second-order valence-corrected chi connectivity index (χ2v) is 4.93. The highest BCUT2D eigenvalue weighted by Crippen LogP contribution is 2.34. The van der Waals surface area contributed by atoms with E-state index in [0.29, 0.717) is 36.0 Å². The summed E-state index contributed by atoms with van der Waals surface area (Å²) >= 11 is 5.97. The molecule has 0 amide bonds. The van der Waals surface area contributed by atoms with Gasteiger partial charge in [-0.1, -0.05) is 24.9 Å². The molecule has 0 bridgehead atoms. The topological polar surface area (TPSA) is 65.0 Å². The van der Waals surface area contributed by atoms with E-state index in [-0.39, 0.29) is 0 Å². The fourth-order valence-corrected chi connectivity index (χ4v) is 2.18. The van der Waals surface area contributed by atoms with Gasteiger partial charge in [-0.15, -0.1) is 0 Å². The van der Waals surface area contributed by atoms with Gasteiger partial charge in [0.15, 0.2) is 12.4 Å². The number of halogens is 1. The van der Waals surface area contributed by atoms with Gasteiger partial charge in [-0.3, -0.25) is 0 Å². The van der Waals surface area contributed by atoms with Crippen LogP contribution in [0.25, 0.3) is 0 Å². The van der Waals surface area contributed by atoms with Gasteiger partial charge in [0.1, 0.15) is 5.75 Å². The number of hydrogen-bond acceptors (Lipinski definition) is 4. The predicted octanol–water partition coefficient (Wildman–Crippen LogP) is 3.02. The summed E-state index contributed by atoms with van der Waals surface area (Å²) in [6.07, 6.45) is -0.291. The van der Waals surface area contributed by atoms with Gasteiger partial charge < -0.3 is 19.3 Å². The summed E-state index contributed by atoms with van der Waals surface area (Å²) in [7, 11) is 0. The van der Waals surface area contributed by atoms with Crippen molar-refractivity contribution in [2.24, 2.45) is 0 Å². The highest BCUT2D eigenvalue weighted by Gasteiger charge is 2.26. The molecule has 1 unspecified atom stereocenters. The van der Waals surface area contributed by atoms with Gasteiger partial charge >= 0.3 is 5.97 Å². The number of carbonyl (C=O) groups is 1. The van der Waals surface area contributed by atoms with Crippen molar-refractivity contribution in [3.05, 3.63) is 28.8 Å². The molecule has 1 heterocycles. The molecule has 1 aromatic rings. The molecule has 1 aliphatic heterocycles. The van der Waals surface area contributed by atoms with E-state index in [0.717, 1.165) is 6.42 Å². The Balaban J connectivity index is 2.23. The Bertz CT molecular complexity index is 471. The van der Waals surface area contributed by atoms with Crippen molar-refractivity contribution in [3.63, 3.8) is 0 Å². The molecule has 0 spiro atoms. The fourth-order valence-electron chi connectivity index (χ4n) is 2.00. The lowest BCUT2D eigenvalue weighted by Gasteiger charge is -2.19. The minimum absolute atomic E-state index is 0.433. The van der Waals surface area contributed by atoms with E-state index in [1.54, 1.807) is 18.2 Å². The van der Waals surface area contributed by atoms with Crippen LogP contribution in [0.5, 0.6) is 5.75 Å². The van der Waals surface area contributed by atoms with E-state index in [9.17, 15) is 4.79 Å². The average Bonchev–Trinajstić information content (AvgIpc) is 2.93. The van der Waals surface area contributed by atoms with Crippen LogP contribution in [0.15, 0.2) is 18.2 Å². The first-order chi connectivity index (χ1) is 9.61. The molecule has 0 aromatic heterocycles. The molecular weight excluding hydrogens is 284 g/mol. The van der Waals surface area contributed by atoms with Gasteiger partial charge in [-0.25, -0.2) is 4.79 Å². The van der Waals surface area contributed by atoms with Gasteiger partial charge in [0.2, 0.25) is 0 Å². The van der Waals surface area contributed by atoms with Crippen molar-refractivity contribution < 1.29 is 24.1 Å². The first-order valence-electron chi connectivity index (χ1n) is 6.54. The van der Waals surface area contributed by atoms with Crippen molar-refractivity contribution in [1.82, 2.24) is 0 Å². The highest BCUT2D eigenvalue weighted by atomic mass is 35.5. The Morgan fingerprint density at radius 3 is 2.80 bits per heavy atom. The van der Waals surface area contributed by atoms with Gasteiger partial charge in [0.25, 0.3) is 0 Å². The molecule has 2 rings (SSSR count). The number of carboxylic acid groups (broad SMARTS) is 1. The second kappa shape index (κ2) is 6.92. The van der Waals surface area contributed by atoms with E-state index in [1.165, 1.54) is 0 Å². The monoisotopic (exact) mass is 300 g/mol. The van der Waals surface area contributed by atoms with Gasteiger partial charge in [0, 0.05) is 5.02 Å². The fraction of sp³-hybridized carbons (Fsp3) is 0.500. The van der Waals surface area contributed by atoms with Crippen LogP contribution in [0.1, 0.15) is 31.6 Å². The third-order valence-electron chi connectivity index (χ3n) is 2.94. The standard InChI is InChI=1S/C14H17ClO5/c1-2-3-12(13(16)17)20-11-5-4-9(15)8-10(11)14-18-6-7-19-14/h4-5,8,12,14H,2-3,6-7H2,1H3,(H,16,17). The van der Waals surface area contributed by atoms with Crippen molar-refractivity contribution in [1.29, 1.82) is 0 Å². The molecule has 1 aliphatic rings. The molecule has 110 valence electrons. The maximum atomic E-state index is 11.2. The first-order valence-corrected chi connectivity index (χ1v) is 6.91. The molecule has 5 nitrogen and oxygen atoms in total. The smallest absolute Gasteiger partial charge is 0.344 e. The summed E-state index contributed by atoms with van der Waals surface area (Å²) in [5, 5.41) is 9.68. The SMILES string of the molecule is CCCC(Oc1ccc(Cl)cc1C1OCCO1)C(=O)O. The van der Waals surface area contributed by atoms with E-state index in [1.807, 2.05) is 6.92 Å². The summed E-state index contributed by atoms with van der Waals surface area (Å²) in [6.45, 7) is 2.90. The molecule has 0 radical (unpaired) electrons. The third-order valence-corrected chi connectivity index (χ3v) is 3.18. The number of rotatable bonds is 6. The second-order valence-electron chi connectivity index (χ2n) is 4.49. The maximum Gasteiger partial charge on any atom is 0.344 e. The summed E-state index contributed by atoms with van der Waals surface area (Å²) in [6, 6.07) is 4.98. The van der Waals surface area contributed by atoms with Crippen molar-refractivity contribution >= 4 is 17.6 Å². The third kappa shape index (κ3) is 3.62. The lowest BCUT2D eigenvalue weighted by Crippen LogP contribution is -2.27. The molecule has 0 aliphatic carbocycles. The van der Waals surface area contributed by atoms with Crippen LogP contribution in [-0.2, 0) is 14.3 Å². The molecule has 1 aromatic carbocycles. The van der Waals surface area contributed by atoms with Crippen molar-refractivity contribution in [2.75, 3.05) is 13.2 Å². The number of hydrogen-bond donors (Lipinski definition) is 1. The van der Waals surface area contributed by atoms with Crippen LogP contribution in [-0.4, -0.2) is 30.4 Å². The minimum atomic E-state index is -0.985. The van der Waals surface area contributed by atoms with Crippen molar-refractivity contribution in [2.45, 2.75) is 32.2 Å². The Kier molecular flexibility index (Phi) is 5.23. The van der Waals surface area contributed by atoms with Crippen LogP contribution < -0.4 is 4.74 Å². The zero-order valence-electron chi connectivity index (χ0n) is 11.2. The zero-order valence-corrected chi connectivity index (χ0v) is 11.9.